The van der Waals surface area contributed by atoms with Crippen molar-refractivity contribution in [1.82, 2.24) is 9.97 Å². The molecule has 0 radical (unpaired) electrons. The molecule has 0 atom stereocenters. The van der Waals surface area contributed by atoms with E-state index >= 15 is 0 Å². The summed E-state index contributed by atoms with van der Waals surface area (Å²) in [7, 11) is 0. The Kier molecular flexibility index (Phi) is 3.00. The van der Waals surface area contributed by atoms with Crippen LogP contribution in [-0.4, -0.2) is 15.9 Å². The summed E-state index contributed by atoms with van der Waals surface area (Å²) in [6.07, 6.45) is 7.08. The van der Waals surface area contributed by atoms with Crippen molar-refractivity contribution >= 4 is 17.0 Å². The maximum atomic E-state index is 12.0. The van der Waals surface area contributed by atoms with E-state index in [1.165, 1.54) is 6.42 Å². The average molecular weight is 244 g/mol. The molecular formula is C14H16N2O2. The fourth-order valence-electron chi connectivity index (χ4n) is 2.52. The van der Waals surface area contributed by atoms with Crippen LogP contribution in [0.4, 0.5) is 0 Å². The van der Waals surface area contributed by atoms with Gasteiger partial charge in [0.2, 0.25) is 0 Å². The van der Waals surface area contributed by atoms with E-state index in [9.17, 15) is 4.79 Å². The molecule has 18 heavy (non-hydrogen) atoms. The number of aromatic nitrogens is 2. The molecule has 1 aromatic heterocycles. The molecule has 0 aliphatic heterocycles. The molecule has 1 N–H and O–H groups in total. The number of nitrogens with one attached hydrogen (secondary N) is 1. The smallest absolute Gasteiger partial charge is 0.314 e. The largest absolute Gasteiger partial charge is 0.426 e. The van der Waals surface area contributed by atoms with Gasteiger partial charge in [0.1, 0.15) is 5.75 Å². The van der Waals surface area contributed by atoms with Crippen molar-refractivity contribution in [1.29, 1.82) is 0 Å². The summed E-state index contributed by atoms with van der Waals surface area (Å²) in [6, 6.07) is 5.47. The highest BCUT2D eigenvalue weighted by molar-refractivity contribution is 5.79. The molecular weight excluding hydrogens is 228 g/mol. The van der Waals surface area contributed by atoms with E-state index in [1.807, 2.05) is 12.1 Å². The van der Waals surface area contributed by atoms with Gasteiger partial charge in [0, 0.05) is 6.07 Å². The zero-order chi connectivity index (χ0) is 12.4. The lowest BCUT2D eigenvalue weighted by Crippen LogP contribution is -2.22. The Hall–Kier alpha value is -1.84. The summed E-state index contributed by atoms with van der Waals surface area (Å²) in [5.41, 5.74) is 1.77. The second-order valence-corrected chi connectivity index (χ2v) is 4.84. The normalized spacial score (nSPS) is 16.9. The number of imidazole rings is 1. The van der Waals surface area contributed by atoms with E-state index in [0.29, 0.717) is 5.75 Å². The minimum absolute atomic E-state index is 0.0798. The van der Waals surface area contributed by atoms with E-state index < -0.39 is 0 Å². The number of rotatable bonds is 2. The summed E-state index contributed by atoms with van der Waals surface area (Å²) in [5.74, 6) is 0.590. The molecule has 4 nitrogen and oxygen atoms in total. The van der Waals surface area contributed by atoms with Crippen LogP contribution in [0.15, 0.2) is 24.5 Å². The van der Waals surface area contributed by atoms with Gasteiger partial charge in [-0.2, -0.15) is 0 Å². The zero-order valence-electron chi connectivity index (χ0n) is 10.2. The van der Waals surface area contributed by atoms with Crippen LogP contribution < -0.4 is 4.74 Å². The summed E-state index contributed by atoms with van der Waals surface area (Å²) < 4.78 is 5.44. The number of hydrogen-bond donors (Lipinski definition) is 1. The molecule has 4 heteroatoms. The number of benzene rings is 1. The van der Waals surface area contributed by atoms with Crippen molar-refractivity contribution in [3.8, 4) is 5.75 Å². The van der Waals surface area contributed by atoms with Crippen molar-refractivity contribution in [2.75, 3.05) is 0 Å². The average Bonchev–Trinajstić information content (AvgIpc) is 2.87. The molecule has 0 unspecified atom stereocenters. The van der Waals surface area contributed by atoms with Gasteiger partial charge >= 0.3 is 5.97 Å². The Balaban J connectivity index is 1.72. The first-order chi connectivity index (χ1) is 8.83. The molecule has 0 saturated heterocycles. The standard InChI is InChI=1S/C14H16N2O2/c17-14(10-4-2-1-3-5-10)18-11-6-7-12-13(8-11)16-9-15-12/h6-10H,1-5H2,(H,15,16). The van der Waals surface area contributed by atoms with Gasteiger partial charge < -0.3 is 9.72 Å². The van der Waals surface area contributed by atoms with Gasteiger partial charge in [-0.15, -0.1) is 0 Å². The first-order valence-electron chi connectivity index (χ1n) is 6.48. The van der Waals surface area contributed by atoms with Gasteiger partial charge in [-0.1, -0.05) is 19.3 Å². The molecule has 1 fully saturated rings. The number of nitrogens with zero attached hydrogens (tertiary/aromatic N) is 1. The quantitative estimate of drug-likeness (QED) is 0.652. The van der Waals surface area contributed by atoms with Gasteiger partial charge in [0.15, 0.2) is 0 Å². The fourth-order valence-corrected chi connectivity index (χ4v) is 2.52. The first-order valence-corrected chi connectivity index (χ1v) is 6.48. The number of aromatic amines is 1. The molecule has 0 amide bonds. The van der Waals surface area contributed by atoms with E-state index in [4.69, 9.17) is 4.74 Å². The maximum absolute atomic E-state index is 12.0. The third-order valence-electron chi connectivity index (χ3n) is 3.55. The van der Waals surface area contributed by atoms with Crippen molar-refractivity contribution in [2.24, 2.45) is 5.92 Å². The number of hydrogen-bond acceptors (Lipinski definition) is 3. The van der Waals surface area contributed by atoms with Crippen LogP contribution in [-0.2, 0) is 4.79 Å². The predicted octanol–water partition coefficient (Wildman–Crippen LogP) is 3.05. The number of ether oxygens (including phenoxy) is 1. The van der Waals surface area contributed by atoms with Crippen LogP contribution in [0.1, 0.15) is 32.1 Å². The first kappa shape index (κ1) is 11.3. The molecule has 2 aromatic rings. The number of carbonyl (C=O) groups is 1. The molecule has 0 spiro atoms. The van der Waals surface area contributed by atoms with Crippen molar-refractivity contribution in [2.45, 2.75) is 32.1 Å². The Morgan fingerprint density at radius 3 is 2.94 bits per heavy atom. The lowest BCUT2D eigenvalue weighted by atomic mass is 9.89. The summed E-state index contributed by atoms with van der Waals surface area (Å²) in [5, 5.41) is 0. The number of carbonyl (C=O) groups excluding carboxylic acids is 1. The number of esters is 1. The third-order valence-corrected chi connectivity index (χ3v) is 3.55. The number of fused-ring (bicyclic) bond motifs is 1. The number of H-pyrrole nitrogens is 1. The van der Waals surface area contributed by atoms with Crippen molar-refractivity contribution in [3.63, 3.8) is 0 Å². The molecule has 1 aliphatic carbocycles. The van der Waals surface area contributed by atoms with Crippen molar-refractivity contribution < 1.29 is 9.53 Å². The van der Waals surface area contributed by atoms with Gasteiger partial charge in [-0.25, -0.2) is 4.98 Å². The topological polar surface area (TPSA) is 55.0 Å². The molecule has 1 saturated carbocycles. The van der Waals surface area contributed by atoms with Crippen LogP contribution >= 0.6 is 0 Å². The lowest BCUT2D eigenvalue weighted by molar-refractivity contribution is -0.139. The summed E-state index contributed by atoms with van der Waals surface area (Å²) in [6.45, 7) is 0. The van der Waals surface area contributed by atoms with Crippen molar-refractivity contribution in [3.05, 3.63) is 24.5 Å². The highest BCUT2D eigenvalue weighted by Gasteiger charge is 2.22. The van der Waals surface area contributed by atoms with Gasteiger partial charge in [0.25, 0.3) is 0 Å². The van der Waals surface area contributed by atoms with E-state index in [1.54, 1.807) is 12.4 Å². The summed E-state index contributed by atoms with van der Waals surface area (Å²) >= 11 is 0. The fraction of sp³-hybridized carbons (Fsp3) is 0.429. The Morgan fingerprint density at radius 1 is 1.28 bits per heavy atom. The van der Waals surface area contributed by atoms with Crippen LogP contribution in [0.25, 0.3) is 11.0 Å². The predicted molar refractivity (Wildman–Crippen MR) is 68.3 cm³/mol. The molecule has 3 rings (SSSR count). The Bertz CT molecular complexity index is 556. The van der Waals surface area contributed by atoms with Gasteiger partial charge in [-0.05, 0) is 25.0 Å². The monoisotopic (exact) mass is 244 g/mol. The second-order valence-electron chi connectivity index (χ2n) is 4.84. The highest BCUT2D eigenvalue weighted by Crippen LogP contribution is 2.26. The van der Waals surface area contributed by atoms with Crippen LogP contribution in [0.3, 0.4) is 0 Å². The minimum Gasteiger partial charge on any atom is -0.426 e. The van der Waals surface area contributed by atoms with Gasteiger partial charge in [0.05, 0.1) is 23.3 Å². The Labute approximate surface area is 105 Å². The molecule has 1 aliphatic rings. The van der Waals surface area contributed by atoms with Crippen LogP contribution in [0.2, 0.25) is 0 Å². The zero-order valence-corrected chi connectivity index (χ0v) is 10.2. The molecule has 94 valence electrons. The SMILES string of the molecule is O=C(Oc1ccc2nc[nH]c2c1)C1CCCCC1. The molecule has 1 aromatic carbocycles. The molecule has 1 heterocycles. The molecule has 0 bridgehead atoms. The third kappa shape index (κ3) is 2.23. The van der Waals surface area contributed by atoms with E-state index in [2.05, 4.69) is 9.97 Å². The van der Waals surface area contributed by atoms with Crippen LogP contribution in [0, 0.1) is 5.92 Å². The van der Waals surface area contributed by atoms with Gasteiger partial charge in [-0.3, -0.25) is 4.79 Å². The lowest BCUT2D eigenvalue weighted by Gasteiger charge is -2.19. The second kappa shape index (κ2) is 4.80. The van der Waals surface area contributed by atoms with E-state index in [0.717, 1.165) is 36.7 Å². The van der Waals surface area contributed by atoms with Crippen LogP contribution in [0.5, 0.6) is 5.75 Å². The Morgan fingerprint density at radius 2 is 2.11 bits per heavy atom. The minimum atomic E-state index is -0.0893. The van der Waals surface area contributed by atoms with E-state index in [-0.39, 0.29) is 11.9 Å². The maximum Gasteiger partial charge on any atom is 0.314 e. The highest BCUT2D eigenvalue weighted by atomic mass is 16.5. The summed E-state index contributed by atoms with van der Waals surface area (Å²) in [4.78, 5) is 19.1.